The van der Waals surface area contributed by atoms with Crippen molar-refractivity contribution in [1.29, 1.82) is 0 Å². The fourth-order valence-electron chi connectivity index (χ4n) is 4.09. The predicted octanol–water partition coefficient (Wildman–Crippen LogP) is 5.25. The van der Waals surface area contributed by atoms with Gasteiger partial charge in [0.05, 0.1) is 18.2 Å². The van der Waals surface area contributed by atoms with Crippen LogP contribution in [0.4, 0.5) is 0 Å². The average molecular weight is 461 g/mol. The molecule has 6 nitrogen and oxygen atoms in total. The number of hydrogen-bond acceptors (Lipinski definition) is 5. The van der Waals surface area contributed by atoms with Crippen LogP contribution < -0.4 is 14.2 Å². The Bertz CT molecular complexity index is 955. The predicted molar refractivity (Wildman–Crippen MR) is 121 cm³/mol. The molecule has 0 saturated carbocycles. The molecule has 2 aromatic carbocycles. The second kappa shape index (κ2) is 10.0. The Balaban J connectivity index is 1.24. The van der Waals surface area contributed by atoms with Gasteiger partial charge in [0, 0.05) is 32.1 Å². The summed E-state index contributed by atoms with van der Waals surface area (Å²) < 4.78 is 22.8. The summed E-state index contributed by atoms with van der Waals surface area (Å²) in [5.41, 5.74) is 1.04. The first-order valence-corrected chi connectivity index (χ1v) is 11.5. The van der Waals surface area contributed by atoms with E-state index in [9.17, 15) is 9.90 Å². The van der Waals surface area contributed by atoms with E-state index in [-0.39, 0.29) is 0 Å². The third-order valence-corrected chi connectivity index (χ3v) is 6.46. The normalized spacial score (nSPS) is 20.8. The van der Waals surface area contributed by atoms with Crippen LogP contribution in [0.5, 0.6) is 17.2 Å². The number of carboxylic acids is 1. The molecule has 2 aliphatic rings. The molecular weight excluding hydrogens is 432 g/mol. The summed E-state index contributed by atoms with van der Waals surface area (Å²) in [6.45, 7) is 4.15. The van der Waals surface area contributed by atoms with Gasteiger partial charge in [-0.2, -0.15) is 0 Å². The van der Waals surface area contributed by atoms with E-state index in [0.717, 1.165) is 31.6 Å². The molecule has 0 amide bonds. The summed E-state index contributed by atoms with van der Waals surface area (Å²) in [6, 6.07) is 11.6. The number of carbonyl (C=O) groups is 1. The molecule has 0 spiro atoms. The largest absolute Gasteiger partial charge is 0.493 e. The van der Waals surface area contributed by atoms with Crippen molar-refractivity contribution in [2.24, 2.45) is 0 Å². The molecule has 4 rings (SSSR count). The highest BCUT2D eigenvalue weighted by atomic mass is 35.5. The average Bonchev–Trinajstić information content (AvgIpc) is 2.80. The molecule has 0 unspecified atom stereocenters. The number of aryl methyl sites for hydroxylation is 1. The van der Waals surface area contributed by atoms with Crippen molar-refractivity contribution in [2.75, 3.05) is 26.4 Å². The zero-order valence-corrected chi connectivity index (χ0v) is 19.0. The van der Waals surface area contributed by atoms with Gasteiger partial charge in [0.15, 0.2) is 0 Å². The minimum Gasteiger partial charge on any atom is -0.493 e. The number of benzene rings is 2. The maximum atomic E-state index is 11.5. The Morgan fingerprint density at radius 1 is 1.16 bits per heavy atom. The Morgan fingerprint density at radius 2 is 1.94 bits per heavy atom. The van der Waals surface area contributed by atoms with E-state index in [1.807, 2.05) is 24.3 Å². The van der Waals surface area contributed by atoms with Gasteiger partial charge in [-0.15, -0.1) is 0 Å². The molecule has 172 valence electrons. The first kappa shape index (κ1) is 22.7. The summed E-state index contributed by atoms with van der Waals surface area (Å²) in [7, 11) is 0. The van der Waals surface area contributed by atoms with E-state index < -0.39 is 11.6 Å². The Kier molecular flexibility index (Phi) is 7.11. The maximum Gasteiger partial charge on any atom is 0.347 e. The van der Waals surface area contributed by atoms with Crippen molar-refractivity contribution >= 4 is 17.6 Å². The van der Waals surface area contributed by atoms with Crippen molar-refractivity contribution in [3.63, 3.8) is 0 Å². The minimum atomic E-state index is -1.20. The van der Waals surface area contributed by atoms with Crippen LogP contribution in [0.2, 0.25) is 5.02 Å². The molecule has 1 fully saturated rings. The lowest BCUT2D eigenvalue weighted by Crippen LogP contribution is -2.44. The molecule has 0 bridgehead atoms. The van der Waals surface area contributed by atoms with Gasteiger partial charge < -0.3 is 24.1 Å². The van der Waals surface area contributed by atoms with Gasteiger partial charge >= 0.3 is 5.97 Å². The van der Waals surface area contributed by atoms with Gasteiger partial charge in [0.25, 0.3) is 0 Å². The quantitative estimate of drug-likeness (QED) is 0.542. The Labute approximate surface area is 193 Å². The summed E-state index contributed by atoms with van der Waals surface area (Å²) in [5.74, 6) is 1.45. The van der Waals surface area contributed by atoms with E-state index in [4.69, 9.17) is 30.5 Å². The second-order valence-corrected chi connectivity index (χ2v) is 8.94. The molecule has 2 heterocycles. The van der Waals surface area contributed by atoms with Crippen LogP contribution in [-0.2, 0) is 16.0 Å². The summed E-state index contributed by atoms with van der Waals surface area (Å²) >= 11 is 6.43. The lowest BCUT2D eigenvalue weighted by Gasteiger charge is -2.32. The number of halogens is 1. The van der Waals surface area contributed by atoms with Crippen LogP contribution >= 0.6 is 11.6 Å². The number of carboxylic acid groups (broad SMARTS) is 1. The van der Waals surface area contributed by atoms with E-state index in [1.54, 1.807) is 13.0 Å². The van der Waals surface area contributed by atoms with Crippen LogP contribution in [0.15, 0.2) is 36.4 Å². The molecule has 7 heteroatoms. The first-order valence-electron chi connectivity index (χ1n) is 11.1. The second-order valence-electron chi connectivity index (χ2n) is 8.53. The molecule has 2 aliphatic heterocycles. The van der Waals surface area contributed by atoms with E-state index in [1.165, 1.54) is 5.56 Å². The first-order chi connectivity index (χ1) is 15.4. The van der Waals surface area contributed by atoms with Crippen molar-refractivity contribution < 1.29 is 28.8 Å². The minimum absolute atomic E-state index is 0.450. The number of ether oxygens (including phenoxy) is 4. The molecule has 1 N–H and O–H groups in total. The zero-order chi connectivity index (χ0) is 22.6. The molecule has 0 aromatic heterocycles. The highest BCUT2D eigenvalue weighted by Crippen LogP contribution is 2.36. The molecule has 0 aliphatic carbocycles. The fraction of sp³-hybridized carbons (Fsp3) is 0.480. The fourth-order valence-corrected chi connectivity index (χ4v) is 4.34. The SMILES string of the molecule is C[C@]1(C(=O)O)CCc2ccc(OCCCOc3ccc(C4CCOCC4)cc3Cl)cc2O1. The van der Waals surface area contributed by atoms with Gasteiger partial charge in [-0.3, -0.25) is 0 Å². The molecule has 1 saturated heterocycles. The number of hydrogen-bond donors (Lipinski definition) is 1. The summed E-state index contributed by atoms with van der Waals surface area (Å²) in [6.07, 6.45) is 3.85. The lowest BCUT2D eigenvalue weighted by atomic mass is 9.92. The molecule has 32 heavy (non-hydrogen) atoms. The molecule has 1 atom stereocenters. The van der Waals surface area contributed by atoms with Crippen molar-refractivity contribution in [3.05, 3.63) is 52.5 Å². The zero-order valence-electron chi connectivity index (χ0n) is 18.3. The standard InChI is InChI=1S/C25H29ClO6/c1-25(24(27)28)10-7-18-3-5-20(16-23(18)32-25)30-11-2-12-31-22-6-4-19(15-21(22)26)17-8-13-29-14-9-17/h3-6,15-17H,2,7-14H2,1H3,(H,27,28)/t25-/m1/s1. The lowest BCUT2D eigenvalue weighted by molar-refractivity contribution is -0.155. The van der Waals surface area contributed by atoms with Crippen molar-refractivity contribution in [1.82, 2.24) is 0 Å². The number of aliphatic carboxylic acids is 1. The van der Waals surface area contributed by atoms with Crippen molar-refractivity contribution in [3.8, 4) is 17.2 Å². The van der Waals surface area contributed by atoms with E-state index in [2.05, 4.69) is 6.07 Å². The Morgan fingerprint density at radius 3 is 2.69 bits per heavy atom. The highest BCUT2D eigenvalue weighted by Gasteiger charge is 2.39. The summed E-state index contributed by atoms with van der Waals surface area (Å²) in [5, 5.41) is 10.0. The van der Waals surface area contributed by atoms with E-state index in [0.29, 0.717) is 60.7 Å². The van der Waals surface area contributed by atoms with Gasteiger partial charge in [-0.25, -0.2) is 4.79 Å². The summed E-state index contributed by atoms with van der Waals surface area (Å²) in [4.78, 5) is 11.5. The van der Waals surface area contributed by atoms with E-state index >= 15 is 0 Å². The van der Waals surface area contributed by atoms with Gasteiger partial charge in [0.1, 0.15) is 17.2 Å². The van der Waals surface area contributed by atoms with Crippen LogP contribution in [0.25, 0.3) is 0 Å². The smallest absolute Gasteiger partial charge is 0.347 e. The molecule has 0 radical (unpaired) electrons. The Hall–Kier alpha value is -2.44. The van der Waals surface area contributed by atoms with Gasteiger partial charge in [-0.1, -0.05) is 23.7 Å². The van der Waals surface area contributed by atoms with Crippen molar-refractivity contribution in [2.45, 2.75) is 50.5 Å². The molecular formula is C25H29ClO6. The van der Waals surface area contributed by atoms with Gasteiger partial charge in [0.2, 0.25) is 5.60 Å². The van der Waals surface area contributed by atoms with Crippen LogP contribution in [-0.4, -0.2) is 43.1 Å². The monoisotopic (exact) mass is 460 g/mol. The number of rotatable bonds is 8. The highest BCUT2D eigenvalue weighted by molar-refractivity contribution is 6.32. The third kappa shape index (κ3) is 5.30. The van der Waals surface area contributed by atoms with Gasteiger partial charge in [-0.05, 0) is 61.4 Å². The van der Waals surface area contributed by atoms with Crippen LogP contribution in [0, 0.1) is 0 Å². The topological polar surface area (TPSA) is 74.2 Å². The van der Waals surface area contributed by atoms with Crippen LogP contribution in [0.1, 0.15) is 49.7 Å². The molecule has 2 aromatic rings. The maximum absolute atomic E-state index is 11.5. The number of fused-ring (bicyclic) bond motifs is 1. The van der Waals surface area contributed by atoms with Crippen LogP contribution in [0.3, 0.4) is 0 Å². The third-order valence-electron chi connectivity index (χ3n) is 6.16.